The van der Waals surface area contributed by atoms with Crippen LogP contribution in [0.2, 0.25) is 0 Å². The smallest absolute Gasteiger partial charge is 0.126 e. The lowest BCUT2D eigenvalue weighted by Gasteiger charge is -2.28. The van der Waals surface area contributed by atoms with Gasteiger partial charge in [-0.2, -0.15) is 0 Å². The third-order valence-electron chi connectivity index (χ3n) is 3.85. The number of hydrogen-bond acceptors (Lipinski definition) is 4. The average Bonchev–Trinajstić information content (AvgIpc) is 2.36. The van der Waals surface area contributed by atoms with Gasteiger partial charge >= 0.3 is 0 Å². The number of aryl methyl sites for hydroxylation is 1. The van der Waals surface area contributed by atoms with Crippen LogP contribution in [0, 0.1) is 12.8 Å². The fourth-order valence-corrected chi connectivity index (χ4v) is 2.42. The first kappa shape index (κ1) is 13.1. The lowest BCUT2D eigenvalue weighted by Crippen LogP contribution is -2.30. The summed E-state index contributed by atoms with van der Waals surface area (Å²) >= 11 is 0. The van der Waals surface area contributed by atoms with Crippen LogP contribution in [0.15, 0.2) is 12.3 Å². The Balaban J connectivity index is 1.73. The highest BCUT2D eigenvalue weighted by molar-refractivity contribution is 5.50. The number of nitrogens with two attached hydrogens (primary N) is 1. The SMILES string of the molecule is Cc1cc(NCCC2CCN(C)CC2)ncc1N. The maximum Gasteiger partial charge on any atom is 0.126 e. The number of likely N-dealkylation sites (tertiary alicyclic amines) is 1. The van der Waals surface area contributed by atoms with Gasteiger partial charge in [0.15, 0.2) is 0 Å². The van der Waals surface area contributed by atoms with Crippen molar-refractivity contribution in [2.24, 2.45) is 5.92 Å². The molecule has 100 valence electrons. The number of rotatable bonds is 4. The van der Waals surface area contributed by atoms with E-state index in [4.69, 9.17) is 5.73 Å². The summed E-state index contributed by atoms with van der Waals surface area (Å²) in [5.41, 5.74) is 7.60. The van der Waals surface area contributed by atoms with Crippen LogP contribution in [0.4, 0.5) is 11.5 Å². The maximum absolute atomic E-state index is 5.75. The fraction of sp³-hybridized carbons (Fsp3) is 0.643. The first-order chi connectivity index (χ1) is 8.65. The zero-order valence-electron chi connectivity index (χ0n) is 11.4. The fourth-order valence-electron chi connectivity index (χ4n) is 2.42. The van der Waals surface area contributed by atoms with Crippen molar-refractivity contribution in [2.75, 3.05) is 37.7 Å². The number of nitrogens with zero attached hydrogens (tertiary/aromatic N) is 2. The van der Waals surface area contributed by atoms with E-state index in [0.29, 0.717) is 0 Å². The Kier molecular flexibility index (Phi) is 4.42. The largest absolute Gasteiger partial charge is 0.397 e. The summed E-state index contributed by atoms with van der Waals surface area (Å²) < 4.78 is 0. The normalized spacial score (nSPS) is 17.9. The predicted octanol–water partition coefficient (Wildman–Crippen LogP) is 2.12. The molecule has 1 aliphatic heterocycles. The molecular weight excluding hydrogens is 224 g/mol. The summed E-state index contributed by atoms with van der Waals surface area (Å²) in [6.45, 7) is 5.50. The zero-order chi connectivity index (χ0) is 13.0. The molecular formula is C14H24N4. The van der Waals surface area contributed by atoms with Gasteiger partial charge in [-0.15, -0.1) is 0 Å². The zero-order valence-corrected chi connectivity index (χ0v) is 11.4. The number of piperidine rings is 1. The Hall–Kier alpha value is -1.29. The minimum atomic E-state index is 0.760. The van der Waals surface area contributed by atoms with Crippen molar-refractivity contribution in [3.05, 3.63) is 17.8 Å². The minimum Gasteiger partial charge on any atom is -0.397 e. The highest BCUT2D eigenvalue weighted by Gasteiger charge is 2.15. The van der Waals surface area contributed by atoms with E-state index in [9.17, 15) is 0 Å². The molecule has 0 radical (unpaired) electrons. The summed E-state index contributed by atoms with van der Waals surface area (Å²) in [5.74, 6) is 1.80. The van der Waals surface area contributed by atoms with E-state index in [1.807, 2.05) is 13.0 Å². The summed E-state index contributed by atoms with van der Waals surface area (Å²) in [6.07, 6.45) is 5.62. The number of hydrogen-bond donors (Lipinski definition) is 2. The van der Waals surface area contributed by atoms with Crippen LogP contribution in [0.3, 0.4) is 0 Å². The third-order valence-corrected chi connectivity index (χ3v) is 3.85. The van der Waals surface area contributed by atoms with Crippen LogP contribution in [0.1, 0.15) is 24.8 Å². The molecule has 1 aromatic heterocycles. The Bertz CT molecular complexity index is 383. The van der Waals surface area contributed by atoms with Crippen molar-refractivity contribution in [2.45, 2.75) is 26.2 Å². The summed E-state index contributed by atoms with van der Waals surface area (Å²) in [6, 6.07) is 2.02. The number of aromatic nitrogens is 1. The van der Waals surface area contributed by atoms with Gasteiger partial charge in [0.05, 0.1) is 11.9 Å². The van der Waals surface area contributed by atoms with Gasteiger partial charge in [-0.25, -0.2) is 4.98 Å². The molecule has 0 spiro atoms. The van der Waals surface area contributed by atoms with E-state index in [-0.39, 0.29) is 0 Å². The van der Waals surface area contributed by atoms with E-state index >= 15 is 0 Å². The Morgan fingerprint density at radius 1 is 1.44 bits per heavy atom. The van der Waals surface area contributed by atoms with Gasteiger partial charge < -0.3 is 16.0 Å². The quantitative estimate of drug-likeness (QED) is 0.857. The molecule has 1 aromatic rings. The molecule has 2 rings (SSSR count). The van der Waals surface area contributed by atoms with Crippen LogP contribution in [-0.4, -0.2) is 36.6 Å². The monoisotopic (exact) mass is 248 g/mol. The molecule has 0 aliphatic carbocycles. The van der Waals surface area contributed by atoms with E-state index in [1.54, 1.807) is 6.20 Å². The molecule has 0 aromatic carbocycles. The van der Waals surface area contributed by atoms with Crippen LogP contribution in [-0.2, 0) is 0 Å². The van der Waals surface area contributed by atoms with Crippen LogP contribution >= 0.6 is 0 Å². The number of anilines is 2. The van der Waals surface area contributed by atoms with Crippen molar-refractivity contribution < 1.29 is 0 Å². The van der Waals surface area contributed by atoms with Crippen molar-refractivity contribution in [3.63, 3.8) is 0 Å². The van der Waals surface area contributed by atoms with Crippen LogP contribution in [0.25, 0.3) is 0 Å². The van der Waals surface area contributed by atoms with Gasteiger partial charge in [0.1, 0.15) is 5.82 Å². The number of nitrogens with one attached hydrogen (secondary N) is 1. The second-order valence-electron chi connectivity index (χ2n) is 5.39. The Morgan fingerprint density at radius 2 is 2.17 bits per heavy atom. The molecule has 4 heteroatoms. The molecule has 3 N–H and O–H groups in total. The standard InChI is InChI=1S/C14H24N4/c1-11-9-14(17-10-13(11)15)16-6-3-12-4-7-18(2)8-5-12/h9-10,12H,3-8,15H2,1-2H3,(H,16,17). The van der Waals surface area contributed by atoms with E-state index in [2.05, 4.69) is 22.2 Å². The van der Waals surface area contributed by atoms with Crippen LogP contribution in [0.5, 0.6) is 0 Å². The predicted molar refractivity (Wildman–Crippen MR) is 76.7 cm³/mol. The second-order valence-corrected chi connectivity index (χ2v) is 5.39. The van der Waals surface area contributed by atoms with E-state index in [1.165, 1.54) is 32.4 Å². The lowest BCUT2D eigenvalue weighted by molar-refractivity contribution is 0.215. The minimum absolute atomic E-state index is 0.760. The van der Waals surface area contributed by atoms with E-state index in [0.717, 1.165) is 29.5 Å². The number of pyridine rings is 1. The molecule has 18 heavy (non-hydrogen) atoms. The van der Waals surface area contributed by atoms with Gasteiger partial charge in [0.2, 0.25) is 0 Å². The molecule has 0 amide bonds. The maximum atomic E-state index is 5.75. The topological polar surface area (TPSA) is 54.2 Å². The summed E-state index contributed by atoms with van der Waals surface area (Å²) in [7, 11) is 2.20. The van der Waals surface area contributed by atoms with Gasteiger partial charge in [-0.1, -0.05) is 0 Å². The van der Waals surface area contributed by atoms with Gasteiger partial charge in [0, 0.05) is 6.54 Å². The van der Waals surface area contributed by atoms with Crippen molar-refractivity contribution >= 4 is 11.5 Å². The molecule has 1 saturated heterocycles. The second kappa shape index (κ2) is 6.05. The van der Waals surface area contributed by atoms with Crippen molar-refractivity contribution in [1.29, 1.82) is 0 Å². The highest BCUT2D eigenvalue weighted by atomic mass is 15.1. The van der Waals surface area contributed by atoms with Gasteiger partial charge in [0.25, 0.3) is 0 Å². The lowest BCUT2D eigenvalue weighted by atomic mass is 9.94. The van der Waals surface area contributed by atoms with Gasteiger partial charge in [-0.3, -0.25) is 0 Å². The molecule has 0 atom stereocenters. The molecule has 2 heterocycles. The summed E-state index contributed by atoms with van der Waals surface area (Å²) in [4.78, 5) is 6.70. The molecule has 4 nitrogen and oxygen atoms in total. The van der Waals surface area contributed by atoms with Crippen molar-refractivity contribution in [3.8, 4) is 0 Å². The molecule has 0 saturated carbocycles. The molecule has 0 bridgehead atoms. The Morgan fingerprint density at radius 3 is 2.83 bits per heavy atom. The first-order valence-corrected chi connectivity index (χ1v) is 6.79. The third kappa shape index (κ3) is 3.60. The Labute approximate surface area is 110 Å². The summed E-state index contributed by atoms with van der Waals surface area (Å²) in [5, 5.41) is 3.39. The number of nitrogen functional groups attached to an aromatic ring is 1. The molecule has 1 aliphatic rings. The van der Waals surface area contributed by atoms with Gasteiger partial charge in [-0.05, 0) is 63.9 Å². The average molecular weight is 248 g/mol. The molecule has 0 unspecified atom stereocenters. The van der Waals surface area contributed by atoms with E-state index < -0.39 is 0 Å². The highest BCUT2D eigenvalue weighted by Crippen LogP contribution is 2.20. The first-order valence-electron chi connectivity index (χ1n) is 6.79. The van der Waals surface area contributed by atoms with Crippen LogP contribution < -0.4 is 11.1 Å². The van der Waals surface area contributed by atoms with Crippen molar-refractivity contribution in [1.82, 2.24) is 9.88 Å². The molecule has 1 fully saturated rings.